The predicted molar refractivity (Wildman–Crippen MR) is 62.2 cm³/mol. The molecule has 0 saturated heterocycles. The number of anilines is 1. The molecule has 0 amide bonds. The number of rotatable bonds is 2. The molecule has 1 aliphatic heterocycles. The fourth-order valence-electron chi connectivity index (χ4n) is 2.37. The Balaban J connectivity index is 2.43. The van der Waals surface area contributed by atoms with E-state index < -0.39 is 0 Å². The van der Waals surface area contributed by atoms with Crippen molar-refractivity contribution >= 4 is 5.69 Å². The monoisotopic (exact) mass is 205 g/mol. The Bertz CT molecular complexity index is 373. The lowest BCUT2D eigenvalue weighted by atomic mass is 9.96. The number of halogens is 1. The zero-order valence-corrected chi connectivity index (χ0v) is 9.15. The zero-order valence-electron chi connectivity index (χ0n) is 9.15. The predicted octanol–water partition coefficient (Wildman–Crippen LogP) is 3.13. The number of para-hydroxylation sites is 1. The minimum absolute atomic E-state index is 0.0117. The minimum atomic E-state index is -0.295. The summed E-state index contributed by atoms with van der Waals surface area (Å²) in [5, 5.41) is 0. The summed E-state index contributed by atoms with van der Waals surface area (Å²) in [5.41, 5.74) is 2.29. The molecular weight excluding hydrogens is 189 g/mol. The van der Waals surface area contributed by atoms with Crippen molar-refractivity contribution in [2.24, 2.45) is 0 Å². The number of hydrogen-bond donors (Lipinski definition) is 0. The first-order valence-corrected chi connectivity index (χ1v) is 5.30. The van der Waals surface area contributed by atoms with E-state index in [0.717, 1.165) is 11.3 Å². The molecule has 1 aromatic rings. The van der Waals surface area contributed by atoms with Crippen molar-refractivity contribution < 1.29 is 4.39 Å². The van der Waals surface area contributed by atoms with Crippen molar-refractivity contribution in [3.8, 4) is 0 Å². The number of benzene rings is 1. The first-order valence-electron chi connectivity index (χ1n) is 5.30. The standard InChI is InChI=1S/C13H16FN/c1-3-6-12-11(9-14)10-7-4-5-8-13(10)15(12)2/h3-8,11-12H,9H2,1-2H3/b6-3-. The van der Waals surface area contributed by atoms with Gasteiger partial charge >= 0.3 is 0 Å². The van der Waals surface area contributed by atoms with Gasteiger partial charge in [-0.1, -0.05) is 30.4 Å². The first kappa shape index (κ1) is 10.2. The molecule has 0 aliphatic carbocycles. The number of allylic oxidation sites excluding steroid dienone is 1. The van der Waals surface area contributed by atoms with Gasteiger partial charge in [-0.2, -0.15) is 0 Å². The van der Waals surface area contributed by atoms with Crippen LogP contribution in [-0.2, 0) is 0 Å². The average Bonchev–Trinajstić information content (AvgIpc) is 2.54. The van der Waals surface area contributed by atoms with Crippen molar-refractivity contribution in [3.05, 3.63) is 42.0 Å². The molecule has 2 rings (SSSR count). The SMILES string of the molecule is C/C=C\C1C(CF)c2ccccc2N1C. The van der Waals surface area contributed by atoms with E-state index >= 15 is 0 Å². The lowest BCUT2D eigenvalue weighted by Crippen LogP contribution is -2.29. The normalized spacial score (nSPS) is 24.9. The van der Waals surface area contributed by atoms with Crippen LogP contribution in [0.25, 0.3) is 0 Å². The molecule has 0 N–H and O–H groups in total. The van der Waals surface area contributed by atoms with Gasteiger partial charge in [0.15, 0.2) is 0 Å². The van der Waals surface area contributed by atoms with Gasteiger partial charge in [-0.3, -0.25) is 4.39 Å². The molecular formula is C13H16FN. The second kappa shape index (κ2) is 4.05. The van der Waals surface area contributed by atoms with E-state index in [1.54, 1.807) is 0 Å². The van der Waals surface area contributed by atoms with Gasteiger partial charge in [0.2, 0.25) is 0 Å². The highest BCUT2D eigenvalue weighted by Crippen LogP contribution is 2.40. The molecule has 2 unspecified atom stereocenters. The number of hydrogen-bond acceptors (Lipinski definition) is 1. The molecule has 0 bridgehead atoms. The van der Waals surface area contributed by atoms with Crippen LogP contribution in [0.4, 0.5) is 10.1 Å². The Morgan fingerprint density at radius 1 is 1.40 bits per heavy atom. The molecule has 0 aromatic heterocycles. The fraction of sp³-hybridized carbons (Fsp3) is 0.385. The maximum absolute atomic E-state index is 13.1. The van der Waals surface area contributed by atoms with Crippen molar-refractivity contribution in [1.29, 1.82) is 0 Å². The van der Waals surface area contributed by atoms with Crippen LogP contribution in [0.2, 0.25) is 0 Å². The van der Waals surface area contributed by atoms with Gasteiger partial charge in [-0.25, -0.2) is 0 Å². The van der Waals surface area contributed by atoms with Crippen LogP contribution in [-0.4, -0.2) is 19.8 Å². The molecule has 0 saturated carbocycles. The van der Waals surface area contributed by atoms with Gasteiger partial charge in [0.25, 0.3) is 0 Å². The number of nitrogens with zero attached hydrogens (tertiary/aromatic N) is 1. The quantitative estimate of drug-likeness (QED) is 0.670. The second-order valence-corrected chi connectivity index (χ2v) is 3.95. The maximum atomic E-state index is 13.1. The second-order valence-electron chi connectivity index (χ2n) is 3.95. The topological polar surface area (TPSA) is 3.24 Å². The van der Waals surface area contributed by atoms with E-state index in [9.17, 15) is 4.39 Å². The van der Waals surface area contributed by atoms with Gasteiger partial charge in [0.05, 0.1) is 12.7 Å². The summed E-state index contributed by atoms with van der Waals surface area (Å²) >= 11 is 0. The third-order valence-corrected chi connectivity index (χ3v) is 3.13. The Hall–Kier alpha value is -1.31. The largest absolute Gasteiger partial charge is 0.367 e. The molecule has 80 valence electrons. The summed E-state index contributed by atoms with van der Waals surface area (Å²) in [5.74, 6) is -0.0117. The average molecular weight is 205 g/mol. The number of likely N-dealkylation sites (N-methyl/N-ethyl adjacent to an activating group) is 1. The molecule has 15 heavy (non-hydrogen) atoms. The summed E-state index contributed by atoms with van der Waals surface area (Å²) in [4.78, 5) is 2.15. The molecule has 2 heteroatoms. The van der Waals surface area contributed by atoms with Gasteiger partial charge in [-0.15, -0.1) is 0 Å². The molecule has 0 spiro atoms. The molecule has 2 atom stereocenters. The van der Waals surface area contributed by atoms with E-state index in [2.05, 4.69) is 17.0 Å². The number of fused-ring (bicyclic) bond motifs is 1. The highest BCUT2D eigenvalue weighted by Gasteiger charge is 2.34. The fourth-order valence-corrected chi connectivity index (χ4v) is 2.37. The minimum Gasteiger partial charge on any atom is -0.367 e. The van der Waals surface area contributed by atoms with Crippen molar-refractivity contribution in [2.75, 3.05) is 18.6 Å². The van der Waals surface area contributed by atoms with E-state index in [1.165, 1.54) is 0 Å². The molecule has 1 heterocycles. The maximum Gasteiger partial charge on any atom is 0.0986 e. The smallest absolute Gasteiger partial charge is 0.0986 e. The Morgan fingerprint density at radius 3 is 2.80 bits per heavy atom. The van der Waals surface area contributed by atoms with Crippen LogP contribution < -0.4 is 4.90 Å². The summed E-state index contributed by atoms with van der Waals surface area (Å²) < 4.78 is 13.1. The third kappa shape index (κ3) is 1.54. The van der Waals surface area contributed by atoms with E-state index in [1.807, 2.05) is 38.2 Å². The molecule has 1 aromatic carbocycles. The van der Waals surface area contributed by atoms with Crippen molar-refractivity contribution in [2.45, 2.75) is 18.9 Å². The van der Waals surface area contributed by atoms with Crippen LogP contribution >= 0.6 is 0 Å². The van der Waals surface area contributed by atoms with Crippen LogP contribution in [0.3, 0.4) is 0 Å². The summed E-state index contributed by atoms with van der Waals surface area (Å²) in [7, 11) is 2.03. The highest BCUT2D eigenvalue weighted by molar-refractivity contribution is 5.62. The third-order valence-electron chi connectivity index (χ3n) is 3.13. The highest BCUT2D eigenvalue weighted by atomic mass is 19.1. The molecule has 0 radical (unpaired) electrons. The van der Waals surface area contributed by atoms with Crippen LogP contribution in [0.1, 0.15) is 18.4 Å². The first-order chi connectivity index (χ1) is 7.29. The van der Waals surface area contributed by atoms with E-state index in [4.69, 9.17) is 0 Å². The Kier molecular flexibility index (Phi) is 2.76. The molecule has 1 nitrogen and oxygen atoms in total. The van der Waals surface area contributed by atoms with Crippen LogP contribution in [0.15, 0.2) is 36.4 Å². The van der Waals surface area contributed by atoms with Gasteiger partial charge in [-0.05, 0) is 18.6 Å². The lowest BCUT2D eigenvalue weighted by molar-refractivity contribution is 0.418. The van der Waals surface area contributed by atoms with Crippen LogP contribution in [0, 0.1) is 0 Å². The lowest BCUT2D eigenvalue weighted by Gasteiger charge is -2.22. The summed E-state index contributed by atoms with van der Waals surface area (Å²) in [6.07, 6.45) is 4.07. The molecule has 1 aliphatic rings. The summed E-state index contributed by atoms with van der Waals surface area (Å²) in [6.45, 7) is 1.68. The van der Waals surface area contributed by atoms with Crippen molar-refractivity contribution in [1.82, 2.24) is 0 Å². The Labute approximate surface area is 90.2 Å². The van der Waals surface area contributed by atoms with Gasteiger partial charge < -0.3 is 4.90 Å². The zero-order chi connectivity index (χ0) is 10.8. The van der Waals surface area contributed by atoms with Crippen molar-refractivity contribution in [3.63, 3.8) is 0 Å². The molecule has 0 fully saturated rings. The van der Waals surface area contributed by atoms with E-state index in [-0.39, 0.29) is 18.6 Å². The van der Waals surface area contributed by atoms with Crippen LogP contribution in [0.5, 0.6) is 0 Å². The summed E-state index contributed by atoms with van der Waals surface area (Å²) in [6, 6.07) is 8.23. The van der Waals surface area contributed by atoms with Gasteiger partial charge in [0, 0.05) is 18.7 Å². The number of alkyl halides is 1. The van der Waals surface area contributed by atoms with E-state index in [0.29, 0.717) is 0 Å². The Morgan fingerprint density at radius 2 is 2.13 bits per heavy atom. The van der Waals surface area contributed by atoms with Gasteiger partial charge in [0.1, 0.15) is 0 Å².